The highest BCUT2D eigenvalue weighted by atomic mass is 16.5. The van der Waals surface area contributed by atoms with Crippen LogP contribution in [0.2, 0.25) is 0 Å². The van der Waals surface area contributed by atoms with E-state index in [9.17, 15) is 9.59 Å². The highest BCUT2D eigenvalue weighted by Crippen LogP contribution is 2.14. The van der Waals surface area contributed by atoms with E-state index >= 15 is 0 Å². The van der Waals surface area contributed by atoms with Gasteiger partial charge in [-0.25, -0.2) is 9.59 Å². The molecule has 1 fully saturated rings. The van der Waals surface area contributed by atoms with Crippen LogP contribution in [0.25, 0.3) is 6.08 Å². The molecule has 0 saturated carbocycles. The van der Waals surface area contributed by atoms with Gasteiger partial charge in [0.05, 0.1) is 18.2 Å². The Bertz CT molecular complexity index is 954. The van der Waals surface area contributed by atoms with E-state index in [4.69, 9.17) is 10.00 Å². The molecule has 31 heavy (non-hydrogen) atoms. The molecule has 2 amide bonds. The number of rotatable bonds is 6. The summed E-state index contributed by atoms with van der Waals surface area (Å²) in [7, 11) is 0. The number of piperazine rings is 1. The van der Waals surface area contributed by atoms with Crippen molar-refractivity contribution in [3.05, 3.63) is 71.3 Å². The number of esters is 1. The number of urea groups is 1. The van der Waals surface area contributed by atoms with E-state index in [0.717, 1.165) is 30.8 Å². The van der Waals surface area contributed by atoms with Gasteiger partial charge in [0.25, 0.3) is 0 Å². The maximum Gasteiger partial charge on any atom is 0.330 e. The molecule has 0 bridgehead atoms. The molecule has 1 aliphatic heterocycles. The number of nitriles is 1. The average Bonchev–Trinajstić information content (AvgIpc) is 2.80. The molecule has 7 nitrogen and oxygen atoms in total. The second kappa shape index (κ2) is 11.0. The molecule has 2 aromatic rings. The third-order valence-corrected chi connectivity index (χ3v) is 5.01. The molecule has 0 unspecified atom stereocenters. The highest BCUT2D eigenvalue weighted by Gasteiger charge is 2.21. The molecule has 3 rings (SSSR count). The molecule has 2 aromatic carbocycles. The first kappa shape index (κ1) is 22.1. The van der Waals surface area contributed by atoms with Crippen LogP contribution < -0.4 is 5.32 Å². The summed E-state index contributed by atoms with van der Waals surface area (Å²) in [5.41, 5.74) is 3.38. The fraction of sp³-hybridized carbons (Fsp3) is 0.292. The van der Waals surface area contributed by atoms with E-state index in [2.05, 4.69) is 16.3 Å². The van der Waals surface area contributed by atoms with Crippen molar-refractivity contribution in [2.75, 3.05) is 38.1 Å². The van der Waals surface area contributed by atoms with E-state index in [1.807, 2.05) is 53.4 Å². The first-order valence-electron chi connectivity index (χ1n) is 10.3. The fourth-order valence-electron chi connectivity index (χ4n) is 3.29. The van der Waals surface area contributed by atoms with Crippen LogP contribution in [0.3, 0.4) is 0 Å². The van der Waals surface area contributed by atoms with Gasteiger partial charge in [0.1, 0.15) is 0 Å². The predicted octanol–water partition coefficient (Wildman–Crippen LogP) is 3.48. The molecule has 7 heteroatoms. The SMILES string of the molecule is CCOC(=O)/C=C/c1ccc(NC(=O)N2CCN(Cc3ccc(C#N)cc3)CC2)cc1. The van der Waals surface area contributed by atoms with Crippen LogP contribution in [0, 0.1) is 11.3 Å². The third kappa shape index (κ3) is 6.69. The largest absolute Gasteiger partial charge is 0.463 e. The van der Waals surface area contributed by atoms with E-state index in [-0.39, 0.29) is 12.0 Å². The van der Waals surface area contributed by atoms with Crippen LogP contribution in [0.15, 0.2) is 54.6 Å². The summed E-state index contributed by atoms with van der Waals surface area (Å²) in [4.78, 5) is 28.0. The standard InChI is InChI=1S/C24H26N4O3/c1-2-31-23(29)12-9-19-7-10-22(11-8-19)26-24(30)28-15-13-27(14-16-28)18-21-5-3-20(17-25)4-6-21/h3-12H,2,13-16,18H2,1H3,(H,26,30)/b12-9+. The number of ether oxygens (including phenoxy) is 1. The minimum Gasteiger partial charge on any atom is -0.463 e. The van der Waals surface area contributed by atoms with E-state index in [0.29, 0.717) is 30.9 Å². The lowest BCUT2D eigenvalue weighted by Gasteiger charge is -2.34. The Labute approximate surface area is 182 Å². The van der Waals surface area contributed by atoms with Crippen LogP contribution in [0.4, 0.5) is 10.5 Å². The van der Waals surface area contributed by atoms with Gasteiger partial charge in [-0.05, 0) is 48.4 Å². The molecule has 0 spiro atoms. The zero-order valence-corrected chi connectivity index (χ0v) is 17.6. The Kier molecular flexibility index (Phi) is 7.79. The van der Waals surface area contributed by atoms with Crippen molar-refractivity contribution in [1.29, 1.82) is 5.26 Å². The summed E-state index contributed by atoms with van der Waals surface area (Å²) in [5, 5.41) is 11.8. The van der Waals surface area contributed by atoms with E-state index in [1.165, 1.54) is 6.08 Å². The van der Waals surface area contributed by atoms with Gasteiger partial charge in [-0.2, -0.15) is 5.26 Å². The molecule has 0 atom stereocenters. The van der Waals surface area contributed by atoms with Gasteiger partial charge in [-0.3, -0.25) is 4.90 Å². The molecule has 1 heterocycles. The maximum atomic E-state index is 12.6. The van der Waals surface area contributed by atoms with Crippen LogP contribution in [-0.4, -0.2) is 54.6 Å². The van der Waals surface area contributed by atoms with Crippen molar-refractivity contribution in [3.8, 4) is 6.07 Å². The molecule has 1 saturated heterocycles. The molecule has 0 radical (unpaired) electrons. The summed E-state index contributed by atoms with van der Waals surface area (Å²) in [6.45, 7) is 5.82. The summed E-state index contributed by atoms with van der Waals surface area (Å²) in [5.74, 6) is -0.377. The van der Waals surface area contributed by atoms with Crippen LogP contribution >= 0.6 is 0 Å². The van der Waals surface area contributed by atoms with Crippen molar-refractivity contribution in [2.45, 2.75) is 13.5 Å². The number of anilines is 1. The Morgan fingerprint density at radius 2 is 1.74 bits per heavy atom. The summed E-state index contributed by atoms with van der Waals surface area (Å²) in [6.07, 6.45) is 3.06. The molecule has 0 aliphatic carbocycles. The summed E-state index contributed by atoms with van der Waals surface area (Å²) in [6, 6.07) is 16.9. The predicted molar refractivity (Wildman–Crippen MR) is 119 cm³/mol. The summed E-state index contributed by atoms with van der Waals surface area (Å²) < 4.78 is 4.85. The maximum absolute atomic E-state index is 12.6. The molecule has 1 aliphatic rings. The quantitative estimate of drug-likeness (QED) is 0.573. The van der Waals surface area contributed by atoms with Crippen LogP contribution in [-0.2, 0) is 16.1 Å². The van der Waals surface area contributed by atoms with Crippen molar-refractivity contribution in [2.24, 2.45) is 0 Å². The monoisotopic (exact) mass is 418 g/mol. The smallest absolute Gasteiger partial charge is 0.330 e. The van der Waals surface area contributed by atoms with Gasteiger partial charge in [-0.15, -0.1) is 0 Å². The minimum absolute atomic E-state index is 0.118. The normalized spacial score (nSPS) is 14.3. The first-order chi connectivity index (χ1) is 15.1. The fourth-order valence-corrected chi connectivity index (χ4v) is 3.29. The van der Waals surface area contributed by atoms with Gasteiger partial charge in [-0.1, -0.05) is 24.3 Å². The number of nitrogens with one attached hydrogen (secondary N) is 1. The zero-order valence-electron chi connectivity index (χ0n) is 17.6. The van der Waals surface area contributed by atoms with Gasteiger partial charge >= 0.3 is 12.0 Å². The summed E-state index contributed by atoms with van der Waals surface area (Å²) >= 11 is 0. The van der Waals surface area contributed by atoms with Crippen molar-refractivity contribution in [3.63, 3.8) is 0 Å². The molecule has 0 aromatic heterocycles. The zero-order chi connectivity index (χ0) is 22.1. The Morgan fingerprint density at radius 3 is 2.35 bits per heavy atom. The van der Waals surface area contributed by atoms with Crippen molar-refractivity contribution in [1.82, 2.24) is 9.80 Å². The second-order valence-electron chi connectivity index (χ2n) is 7.21. The number of carbonyl (C=O) groups excluding carboxylic acids is 2. The van der Waals surface area contributed by atoms with Crippen molar-refractivity contribution >= 4 is 23.8 Å². The average molecular weight is 418 g/mol. The van der Waals surface area contributed by atoms with Gasteiger partial charge < -0.3 is 15.0 Å². The first-order valence-corrected chi connectivity index (χ1v) is 10.3. The number of hydrogen-bond donors (Lipinski definition) is 1. The number of carbonyl (C=O) groups is 2. The molecular formula is C24H26N4O3. The molecular weight excluding hydrogens is 392 g/mol. The lowest BCUT2D eigenvalue weighted by molar-refractivity contribution is -0.137. The number of amides is 2. The van der Waals surface area contributed by atoms with Crippen LogP contribution in [0.5, 0.6) is 0 Å². The van der Waals surface area contributed by atoms with E-state index < -0.39 is 0 Å². The third-order valence-electron chi connectivity index (χ3n) is 5.01. The molecule has 160 valence electrons. The number of benzene rings is 2. The van der Waals surface area contributed by atoms with Gasteiger partial charge in [0.15, 0.2) is 0 Å². The Hall–Kier alpha value is -3.63. The van der Waals surface area contributed by atoms with E-state index in [1.54, 1.807) is 13.0 Å². The van der Waals surface area contributed by atoms with Crippen molar-refractivity contribution < 1.29 is 14.3 Å². The van der Waals surface area contributed by atoms with Gasteiger partial charge in [0, 0.05) is 44.5 Å². The lowest BCUT2D eigenvalue weighted by atomic mass is 10.1. The Morgan fingerprint density at radius 1 is 1.06 bits per heavy atom. The molecule has 1 N–H and O–H groups in total. The second-order valence-corrected chi connectivity index (χ2v) is 7.21. The lowest BCUT2D eigenvalue weighted by Crippen LogP contribution is -2.49. The van der Waals surface area contributed by atoms with Crippen LogP contribution in [0.1, 0.15) is 23.6 Å². The Balaban J connectivity index is 1.45. The minimum atomic E-state index is -0.377. The topological polar surface area (TPSA) is 85.7 Å². The number of nitrogens with zero attached hydrogens (tertiary/aromatic N) is 3. The number of hydrogen-bond acceptors (Lipinski definition) is 5. The highest BCUT2D eigenvalue weighted by molar-refractivity contribution is 5.90. The van der Waals surface area contributed by atoms with Gasteiger partial charge in [0.2, 0.25) is 0 Å².